The number of carbonyl (C=O) groups is 1. The Morgan fingerprint density at radius 3 is 1.67 bits per heavy atom. The standard InChI is InChI=1S/C2H4O2.2C2H5.Al/c1-2(3)4;2*1-2;/h1H3,(H,3,4);2*1H2,2H3;. The summed E-state index contributed by atoms with van der Waals surface area (Å²) < 4.78 is 0. The smallest absolute Gasteiger partial charge is 0.300 e. The highest BCUT2D eigenvalue weighted by molar-refractivity contribution is 6.34. The summed E-state index contributed by atoms with van der Waals surface area (Å²) in [6.07, 6.45) is 0. The molecule has 53 valence electrons. The maximum atomic E-state index is 9.00. The zero-order chi connectivity index (χ0) is 7.70. The molecular weight excluding hydrogens is 131 g/mol. The van der Waals surface area contributed by atoms with Crippen LogP contribution >= 0.6 is 0 Å². The first-order chi connectivity index (χ1) is 4.15. The fraction of sp³-hybridized carbons (Fsp3) is 0.833. The van der Waals surface area contributed by atoms with Gasteiger partial charge in [0, 0.05) is 6.92 Å². The molecule has 2 nitrogen and oxygen atoms in total. The van der Waals surface area contributed by atoms with E-state index in [1.54, 1.807) is 0 Å². The van der Waals surface area contributed by atoms with E-state index in [4.69, 9.17) is 9.90 Å². The molecule has 9 heavy (non-hydrogen) atoms. The summed E-state index contributed by atoms with van der Waals surface area (Å²) in [5, 5.41) is 10.3. The van der Waals surface area contributed by atoms with Crippen LogP contribution in [0.25, 0.3) is 0 Å². The van der Waals surface area contributed by atoms with Crippen molar-refractivity contribution in [2.75, 3.05) is 0 Å². The monoisotopic (exact) mass is 145 g/mol. The molecule has 0 aliphatic rings. The summed E-state index contributed by atoms with van der Waals surface area (Å²) in [6, 6.07) is 0. The van der Waals surface area contributed by atoms with Gasteiger partial charge in [-0.25, -0.2) is 0 Å². The number of carboxylic acids is 1. The van der Waals surface area contributed by atoms with E-state index in [1.165, 1.54) is 10.6 Å². The van der Waals surface area contributed by atoms with Crippen molar-refractivity contribution in [3.8, 4) is 0 Å². The van der Waals surface area contributed by atoms with Crippen LogP contribution in [0.15, 0.2) is 0 Å². The van der Waals surface area contributed by atoms with E-state index in [0.29, 0.717) is 0 Å². The van der Waals surface area contributed by atoms with Gasteiger partial charge in [0.15, 0.2) is 15.2 Å². The third kappa shape index (κ3) is 71.9. The minimum atomic E-state index is -0.833. The van der Waals surface area contributed by atoms with E-state index >= 15 is 0 Å². The van der Waals surface area contributed by atoms with Crippen molar-refractivity contribution in [2.24, 2.45) is 0 Å². The van der Waals surface area contributed by atoms with Gasteiger partial charge in [-0.3, -0.25) is 4.79 Å². The van der Waals surface area contributed by atoms with Crippen molar-refractivity contribution < 1.29 is 9.90 Å². The second kappa shape index (κ2) is 10.9. The molecule has 0 spiro atoms. The lowest BCUT2D eigenvalue weighted by molar-refractivity contribution is -0.134. The van der Waals surface area contributed by atoms with Crippen molar-refractivity contribution in [1.29, 1.82) is 0 Å². The number of aliphatic carboxylic acids is 1. The van der Waals surface area contributed by atoms with Gasteiger partial charge in [0.25, 0.3) is 5.97 Å². The molecule has 0 fully saturated rings. The lowest BCUT2D eigenvalue weighted by Crippen LogP contribution is -1.78. The average Bonchev–Trinajstić information content (AvgIpc) is 1.66. The fourth-order valence-corrected chi connectivity index (χ4v) is 0.866. The predicted octanol–water partition coefficient (Wildman–Crippen LogP) is 1.66. The van der Waals surface area contributed by atoms with Gasteiger partial charge in [0.05, 0.1) is 0 Å². The molecular formula is C6H14AlO2. The largest absolute Gasteiger partial charge is 0.481 e. The number of rotatable bonds is 2. The maximum Gasteiger partial charge on any atom is 0.300 e. The Bertz CT molecular complexity index is 58.1. The summed E-state index contributed by atoms with van der Waals surface area (Å²) in [4.78, 5) is 9.00. The van der Waals surface area contributed by atoms with Crippen LogP contribution in [0.5, 0.6) is 0 Å². The molecule has 0 unspecified atom stereocenters. The molecule has 0 aromatic rings. The van der Waals surface area contributed by atoms with Gasteiger partial charge in [-0.05, 0) is 0 Å². The van der Waals surface area contributed by atoms with Crippen LogP contribution in [0.3, 0.4) is 0 Å². The molecule has 0 amide bonds. The quantitative estimate of drug-likeness (QED) is 0.600. The molecule has 1 N–H and O–H groups in total. The minimum absolute atomic E-state index is 0.815. The fourth-order valence-electron chi connectivity index (χ4n) is 0.289. The predicted molar refractivity (Wildman–Crippen MR) is 40.0 cm³/mol. The summed E-state index contributed by atoms with van der Waals surface area (Å²) in [7, 11) is 0. The molecule has 0 bridgehead atoms. The van der Waals surface area contributed by atoms with Crippen LogP contribution in [0.2, 0.25) is 10.6 Å². The van der Waals surface area contributed by atoms with Crippen molar-refractivity contribution in [1.82, 2.24) is 0 Å². The van der Waals surface area contributed by atoms with E-state index in [2.05, 4.69) is 13.8 Å². The highest BCUT2D eigenvalue weighted by atomic mass is 27.1. The van der Waals surface area contributed by atoms with Crippen LogP contribution in [-0.2, 0) is 4.79 Å². The van der Waals surface area contributed by atoms with Crippen molar-refractivity contribution in [3.05, 3.63) is 0 Å². The first kappa shape index (κ1) is 11.8. The molecule has 0 aliphatic carbocycles. The SMILES string of the molecule is CC(=O)O.C[CH2][Al][CH2]C. The van der Waals surface area contributed by atoms with E-state index in [1.807, 2.05) is 0 Å². The van der Waals surface area contributed by atoms with Gasteiger partial charge in [-0.15, -0.1) is 10.6 Å². The highest BCUT2D eigenvalue weighted by Gasteiger charge is 1.74. The van der Waals surface area contributed by atoms with Crippen molar-refractivity contribution in [3.63, 3.8) is 0 Å². The second-order valence-electron chi connectivity index (χ2n) is 1.62. The van der Waals surface area contributed by atoms with Gasteiger partial charge in [0.2, 0.25) is 0 Å². The average molecular weight is 145 g/mol. The van der Waals surface area contributed by atoms with Gasteiger partial charge >= 0.3 is 0 Å². The summed E-state index contributed by atoms with van der Waals surface area (Å²) in [5.41, 5.74) is 0. The Morgan fingerprint density at radius 2 is 1.67 bits per heavy atom. The molecule has 0 aromatic carbocycles. The van der Waals surface area contributed by atoms with Crippen LogP contribution in [0, 0.1) is 0 Å². The van der Waals surface area contributed by atoms with E-state index in [9.17, 15) is 0 Å². The molecule has 1 radical (unpaired) electrons. The Morgan fingerprint density at radius 1 is 1.44 bits per heavy atom. The molecule has 0 aliphatic heterocycles. The van der Waals surface area contributed by atoms with E-state index < -0.39 is 5.97 Å². The lowest BCUT2D eigenvalue weighted by Gasteiger charge is -1.74. The molecule has 0 atom stereocenters. The summed E-state index contributed by atoms with van der Waals surface area (Å²) in [5.74, 6) is -0.833. The highest BCUT2D eigenvalue weighted by Crippen LogP contribution is 1.77. The molecule has 3 heteroatoms. The topological polar surface area (TPSA) is 37.3 Å². The maximum absolute atomic E-state index is 9.00. The summed E-state index contributed by atoms with van der Waals surface area (Å²) in [6.45, 7) is 5.58. The third-order valence-corrected chi connectivity index (χ3v) is 1.73. The van der Waals surface area contributed by atoms with Crippen molar-refractivity contribution >= 4 is 21.2 Å². The molecule has 0 heterocycles. The Kier molecular flexibility index (Phi) is 14.2. The second-order valence-corrected chi connectivity index (χ2v) is 3.83. The van der Waals surface area contributed by atoms with Crippen LogP contribution in [0.4, 0.5) is 0 Å². The minimum Gasteiger partial charge on any atom is -0.481 e. The summed E-state index contributed by atoms with van der Waals surface area (Å²) >= 11 is 0.815. The third-order valence-electron chi connectivity index (χ3n) is 0.577. The molecule has 0 saturated carbocycles. The normalized spacial score (nSPS) is 7.00. The molecule has 0 rings (SSSR count). The van der Waals surface area contributed by atoms with Gasteiger partial charge in [0.1, 0.15) is 0 Å². The Balaban J connectivity index is 0. The lowest BCUT2D eigenvalue weighted by atomic mass is 10.9. The zero-order valence-electron chi connectivity index (χ0n) is 6.35. The van der Waals surface area contributed by atoms with Crippen LogP contribution in [-0.4, -0.2) is 26.3 Å². The van der Waals surface area contributed by atoms with Crippen LogP contribution in [0.1, 0.15) is 20.8 Å². The number of hydrogen-bond donors (Lipinski definition) is 1. The Labute approximate surface area is 63.0 Å². The first-order valence-corrected chi connectivity index (χ1v) is 4.79. The molecule has 0 aromatic heterocycles. The zero-order valence-corrected chi connectivity index (χ0v) is 7.50. The van der Waals surface area contributed by atoms with Crippen LogP contribution < -0.4 is 0 Å². The first-order valence-electron chi connectivity index (χ1n) is 3.16. The molecule has 0 saturated heterocycles. The van der Waals surface area contributed by atoms with Gasteiger partial charge < -0.3 is 5.11 Å². The number of carboxylic acid groups (broad SMARTS) is 1. The van der Waals surface area contributed by atoms with Crippen molar-refractivity contribution in [2.45, 2.75) is 31.3 Å². The van der Waals surface area contributed by atoms with E-state index in [0.717, 1.165) is 22.1 Å². The number of hydrogen-bond acceptors (Lipinski definition) is 1. The van der Waals surface area contributed by atoms with Gasteiger partial charge in [-0.2, -0.15) is 0 Å². The van der Waals surface area contributed by atoms with E-state index in [-0.39, 0.29) is 0 Å². The van der Waals surface area contributed by atoms with Gasteiger partial charge in [-0.1, -0.05) is 13.8 Å². The Hall–Kier alpha value is 0.00247.